The second-order valence-corrected chi connectivity index (χ2v) is 9.60. The summed E-state index contributed by atoms with van der Waals surface area (Å²) in [7, 11) is 2.96. The van der Waals surface area contributed by atoms with Gasteiger partial charge in [0.1, 0.15) is 18.2 Å². The van der Waals surface area contributed by atoms with Gasteiger partial charge in [-0.2, -0.15) is 10.5 Å². The lowest BCUT2D eigenvalue weighted by molar-refractivity contribution is 0.0601. The number of hydrogen-bond acceptors (Lipinski definition) is 8. The van der Waals surface area contributed by atoms with Crippen LogP contribution in [0.2, 0.25) is 0 Å². The van der Waals surface area contributed by atoms with Crippen molar-refractivity contribution in [2.75, 3.05) is 20.8 Å². The van der Waals surface area contributed by atoms with E-state index in [9.17, 15) is 14.4 Å². The van der Waals surface area contributed by atoms with Gasteiger partial charge >= 0.3 is 5.97 Å². The van der Waals surface area contributed by atoms with E-state index in [1.54, 1.807) is 49.6 Å². The Morgan fingerprint density at radius 3 is 2.58 bits per heavy atom. The summed E-state index contributed by atoms with van der Waals surface area (Å²) in [5, 5.41) is 18.9. The summed E-state index contributed by atoms with van der Waals surface area (Å²) in [5.41, 5.74) is 4.92. The third-order valence-corrected chi connectivity index (χ3v) is 6.89. The number of pyridine rings is 1. The molecule has 0 fully saturated rings. The molecule has 0 unspecified atom stereocenters. The van der Waals surface area contributed by atoms with Crippen molar-refractivity contribution >= 4 is 17.0 Å². The van der Waals surface area contributed by atoms with Crippen molar-refractivity contribution in [1.29, 1.82) is 10.5 Å². The smallest absolute Gasteiger partial charge is 0.337 e. The van der Waals surface area contributed by atoms with E-state index in [2.05, 4.69) is 11.1 Å². The van der Waals surface area contributed by atoms with Gasteiger partial charge in [-0.15, -0.1) is 0 Å². The van der Waals surface area contributed by atoms with Crippen molar-refractivity contribution in [2.24, 2.45) is 0 Å². The van der Waals surface area contributed by atoms with E-state index in [-0.39, 0.29) is 18.1 Å². The number of esters is 1. The first-order chi connectivity index (χ1) is 20.9. The molecule has 5 rings (SSSR count). The van der Waals surface area contributed by atoms with E-state index in [1.165, 1.54) is 19.2 Å². The summed E-state index contributed by atoms with van der Waals surface area (Å²) < 4.78 is 32.2. The van der Waals surface area contributed by atoms with Crippen LogP contribution < -0.4 is 4.74 Å². The van der Waals surface area contributed by atoms with Crippen molar-refractivity contribution in [3.8, 4) is 29.3 Å². The topological polar surface area (TPSA) is 123 Å². The lowest BCUT2D eigenvalue weighted by atomic mass is 10.00. The van der Waals surface area contributed by atoms with Crippen LogP contribution in [0.5, 0.6) is 5.88 Å². The van der Waals surface area contributed by atoms with E-state index in [1.807, 2.05) is 22.8 Å². The fourth-order valence-corrected chi connectivity index (χ4v) is 4.72. The predicted octanol–water partition coefficient (Wildman–Crippen LogP) is 5.58. The molecule has 0 bridgehead atoms. The molecule has 2 heterocycles. The second-order valence-electron chi connectivity index (χ2n) is 9.60. The van der Waals surface area contributed by atoms with Crippen molar-refractivity contribution in [3.63, 3.8) is 0 Å². The first-order valence-corrected chi connectivity index (χ1v) is 13.3. The van der Waals surface area contributed by atoms with Gasteiger partial charge in [0.25, 0.3) is 0 Å². The molecule has 214 valence electrons. The molecule has 0 saturated carbocycles. The van der Waals surface area contributed by atoms with Crippen LogP contribution in [0.25, 0.3) is 22.3 Å². The number of carbonyl (C=O) groups is 1. The second kappa shape index (κ2) is 12.9. The molecule has 0 aliphatic carbocycles. The van der Waals surface area contributed by atoms with Crippen molar-refractivity contribution < 1.29 is 23.4 Å². The molecule has 10 heteroatoms. The van der Waals surface area contributed by atoms with E-state index in [0.29, 0.717) is 47.5 Å². The van der Waals surface area contributed by atoms with Gasteiger partial charge in [0.2, 0.25) is 5.88 Å². The molecule has 0 N–H and O–H groups in total. The summed E-state index contributed by atoms with van der Waals surface area (Å²) in [4.78, 5) is 21.4. The number of nitrogens with zero attached hydrogens (tertiary/aromatic N) is 5. The van der Waals surface area contributed by atoms with Gasteiger partial charge in [-0.25, -0.2) is 19.2 Å². The number of nitriles is 2. The zero-order valence-corrected chi connectivity index (χ0v) is 23.5. The number of carbonyl (C=O) groups excluding carboxylic acids is 1. The van der Waals surface area contributed by atoms with Gasteiger partial charge in [0, 0.05) is 37.3 Å². The molecule has 3 aromatic carbocycles. The number of hydrogen-bond donors (Lipinski definition) is 0. The van der Waals surface area contributed by atoms with Gasteiger partial charge in [-0.3, -0.25) is 0 Å². The first-order valence-electron chi connectivity index (χ1n) is 13.3. The highest BCUT2D eigenvalue weighted by Gasteiger charge is 2.16. The fourth-order valence-electron chi connectivity index (χ4n) is 4.72. The minimum atomic E-state index is -0.530. The first kappa shape index (κ1) is 28.9. The molecule has 0 aliphatic heterocycles. The van der Waals surface area contributed by atoms with Gasteiger partial charge in [-0.1, -0.05) is 24.3 Å². The number of benzene rings is 3. The molecular weight excluding hydrogens is 549 g/mol. The highest BCUT2D eigenvalue weighted by atomic mass is 19.1. The SMILES string of the molecule is COCCn1c(Cc2ccc(-c3cccc(OCc4ccc(C#N)cc4F)n3)c(C#N)c2)nc2ccc(C(=O)OC)cc21. The quantitative estimate of drug-likeness (QED) is 0.198. The van der Waals surface area contributed by atoms with Crippen molar-refractivity contribution in [1.82, 2.24) is 14.5 Å². The zero-order valence-electron chi connectivity index (χ0n) is 23.5. The van der Waals surface area contributed by atoms with Crippen LogP contribution in [0.15, 0.2) is 72.8 Å². The van der Waals surface area contributed by atoms with Crippen LogP contribution in [0.3, 0.4) is 0 Å². The predicted molar refractivity (Wildman–Crippen MR) is 156 cm³/mol. The Hall–Kier alpha value is -5.58. The maximum atomic E-state index is 14.3. The molecule has 9 nitrogen and oxygen atoms in total. The Balaban J connectivity index is 1.40. The maximum absolute atomic E-state index is 14.3. The normalized spacial score (nSPS) is 10.7. The van der Waals surface area contributed by atoms with Gasteiger partial charge in [0.05, 0.1) is 59.3 Å². The van der Waals surface area contributed by atoms with Crippen LogP contribution in [-0.4, -0.2) is 41.3 Å². The highest BCUT2D eigenvalue weighted by molar-refractivity contribution is 5.93. The number of imidazole rings is 1. The molecular formula is C33H26FN5O4. The van der Waals surface area contributed by atoms with E-state index in [0.717, 1.165) is 28.5 Å². The summed E-state index contributed by atoms with van der Waals surface area (Å²) in [6.07, 6.45) is 0.438. The fraction of sp³-hybridized carbons (Fsp3) is 0.182. The van der Waals surface area contributed by atoms with Crippen molar-refractivity contribution in [2.45, 2.75) is 19.6 Å². The monoisotopic (exact) mass is 575 g/mol. The summed E-state index contributed by atoms with van der Waals surface area (Å²) >= 11 is 0. The van der Waals surface area contributed by atoms with Gasteiger partial charge < -0.3 is 18.8 Å². The third-order valence-electron chi connectivity index (χ3n) is 6.89. The summed E-state index contributed by atoms with van der Waals surface area (Å²) in [6.45, 7) is 0.910. The van der Waals surface area contributed by atoms with E-state index in [4.69, 9.17) is 24.5 Å². The van der Waals surface area contributed by atoms with Crippen LogP contribution in [-0.2, 0) is 29.0 Å². The number of methoxy groups -OCH3 is 2. The number of ether oxygens (including phenoxy) is 3. The molecule has 0 spiro atoms. The molecule has 0 aliphatic rings. The number of fused-ring (bicyclic) bond motifs is 1. The lowest BCUT2D eigenvalue weighted by Crippen LogP contribution is -2.09. The van der Waals surface area contributed by atoms with E-state index >= 15 is 0 Å². The largest absolute Gasteiger partial charge is 0.473 e. The van der Waals surface area contributed by atoms with Crippen molar-refractivity contribution in [3.05, 3.63) is 112 Å². The van der Waals surface area contributed by atoms with E-state index < -0.39 is 11.8 Å². The maximum Gasteiger partial charge on any atom is 0.337 e. The molecule has 0 amide bonds. The molecule has 0 atom stereocenters. The standard InChI is InChI=1S/C33H26FN5O4/c1-41-13-12-39-30-17-23(33(40)42-2)9-11-29(30)37-31(39)16-21-7-10-26(25(14-21)19-36)28-4-3-5-32(38-28)43-20-24-8-6-22(18-35)15-27(24)34/h3-11,14-15,17H,12-13,16,20H2,1-2H3. The zero-order chi connectivity index (χ0) is 30.3. The lowest BCUT2D eigenvalue weighted by Gasteiger charge is -2.11. The van der Waals surface area contributed by atoms with Crippen LogP contribution in [0, 0.1) is 28.5 Å². The molecule has 43 heavy (non-hydrogen) atoms. The Labute approximate surface area is 247 Å². The number of aromatic nitrogens is 3. The average molecular weight is 576 g/mol. The Morgan fingerprint density at radius 2 is 1.84 bits per heavy atom. The van der Waals surface area contributed by atoms with Gasteiger partial charge in [-0.05, 0) is 48.0 Å². The minimum Gasteiger partial charge on any atom is -0.473 e. The molecule has 0 saturated heterocycles. The number of rotatable bonds is 10. The highest BCUT2D eigenvalue weighted by Crippen LogP contribution is 2.27. The van der Waals surface area contributed by atoms with Crippen LogP contribution in [0.1, 0.15) is 38.4 Å². The third kappa shape index (κ3) is 6.35. The summed E-state index contributed by atoms with van der Waals surface area (Å²) in [5.74, 6) is 0.0700. The Kier molecular flexibility index (Phi) is 8.71. The Bertz CT molecular complexity index is 1900. The van der Waals surface area contributed by atoms with Crippen LogP contribution >= 0.6 is 0 Å². The molecule has 5 aromatic rings. The summed E-state index contributed by atoms with van der Waals surface area (Å²) in [6, 6.07) is 24.3. The molecule has 0 radical (unpaired) electrons. The van der Waals surface area contributed by atoms with Crippen LogP contribution in [0.4, 0.5) is 4.39 Å². The molecule has 2 aromatic heterocycles. The minimum absolute atomic E-state index is 0.0662. The average Bonchev–Trinajstić information content (AvgIpc) is 3.38. The Morgan fingerprint density at radius 1 is 0.977 bits per heavy atom. The van der Waals surface area contributed by atoms with Gasteiger partial charge in [0.15, 0.2) is 0 Å². The number of halogens is 1.